The number of sulfonamides is 1. The third kappa shape index (κ3) is 7.64. The summed E-state index contributed by atoms with van der Waals surface area (Å²) in [5.74, 6) is -2.66. The summed E-state index contributed by atoms with van der Waals surface area (Å²) in [5.41, 5.74) is 5.66. The van der Waals surface area contributed by atoms with Crippen molar-refractivity contribution in [1.29, 1.82) is 5.41 Å². The van der Waals surface area contributed by atoms with E-state index in [9.17, 15) is 31.2 Å². The number of nitrogens with two attached hydrogens (primary N) is 1. The van der Waals surface area contributed by atoms with Crippen LogP contribution in [0.1, 0.15) is 12.1 Å². The van der Waals surface area contributed by atoms with E-state index >= 15 is 0 Å². The summed E-state index contributed by atoms with van der Waals surface area (Å²) in [7, 11) is -2.61. The van der Waals surface area contributed by atoms with E-state index in [-0.39, 0.29) is 23.7 Å². The number of benzene rings is 2. The Hall–Kier alpha value is -4.24. The average Bonchev–Trinajstić information content (AvgIpc) is 3.24. The summed E-state index contributed by atoms with van der Waals surface area (Å²) in [4.78, 5) is 27.6. The van der Waals surface area contributed by atoms with Gasteiger partial charge < -0.3 is 20.1 Å². The van der Waals surface area contributed by atoms with Gasteiger partial charge in [-0.2, -0.15) is 17.9 Å². The number of likely N-dealkylation sites (tertiary alicyclic amines) is 1. The van der Waals surface area contributed by atoms with E-state index in [0.717, 1.165) is 10.3 Å². The van der Waals surface area contributed by atoms with Crippen LogP contribution in [-0.4, -0.2) is 68.6 Å². The maximum atomic E-state index is 12.7. The van der Waals surface area contributed by atoms with Crippen molar-refractivity contribution in [1.82, 2.24) is 14.6 Å². The number of nitrogen functional groups attached to an aromatic ring is 1. The third-order valence-corrected chi connectivity index (χ3v) is 6.92. The molecule has 2 aromatic carbocycles. The number of hydrogen-bond acceptors (Lipinski definition) is 8. The summed E-state index contributed by atoms with van der Waals surface area (Å²) in [6.45, 7) is -0.975. The molecule has 39 heavy (non-hydrogen) atoms. The molecule has 208 valence electrons. The molecule has 1 saturated heterocycles. The number of esters is 1. The Kier molecular flexibility index (Phi) is 9.08. The number of carbonyl (C=O) groups is 2. The Labute approximate surface area is 221 Å². The topological polar surface area (TPSA) is 165 Å². The quantitative estimate of drug-likeness (QED) is 0.222. The van der Waals surface area contributed by atoms with E-state index in [4.69, 9.17) is 15.9 Å². The van der Waals surface area contributed by atoms with Crippen LogP contribution in [0.25, 0.3) is 10.8 Å². The zero-order valence-corrected chi connectivity index (χ0v) is 21.3. The zero-order chi connectivity index (χ0) is 28.8. The second-order valence-electron chi connectivity index (χ2n) is 8.13. The Morgan fingerprint density at radius 3 is 2.49 bits per heavy atom. The summed E-state index contributed by atoms with van der Waals surface area (Å²) in [6, 6.07) is 13.6. The number of nitrogens with zero attached hydrogens (tertiary/aromatic N) is 2. The smallest absolute Gasteiger partial charge is 0.490 e. The lowest BCUT2D eigenvalue weighted by atomic mass is 10.1. The third-order valence-electron chi connectivity index (χ3n) is 5.45. The van der Waals surface area contributed by atoms with Gasteiger partial charge >= 0.3 is 12.1 Å². The van der Waals surface area contributed by atoms with Crippen LogP contribution in [0.4, 0.5) is 13.2 Å². The van der Waals surface area contributed by atoms with E-state index in [1.165, 1.54) is 19.2 Å². The van der Waals surface area contributed by atoms with Crippen molar-refractivity contribution in [3.63, 3.8) is 0 Å². The number of fused-ring (bicyclic) bond motifs is 1. The minimum absolute atomic E-state index is 0.00981. The molecule has 1 atom stereocenters. The fourth-order valence-electron chi connectivity index (χ4n) is 3.47. The number of rotatable bonds is 7. The van der Waals surface area contributed by atoms with Gasteiger partial charge in [-0.25, -0.2) is 13.2 Å². The highest BCUT2D eigenvalue weighted by molar-refractivity contribution is 7.89. The maximum absolute atomic E-state index is 12.7. The minimum atomic E-state index is -5.18. The highest BCUT2D eigenvalue weighted by atomic mass is 32.2. The highest BCUT2D eigenvalue weighted by Crippen LogP contribution is 2.25. The molecule has 1 amide bonds. The van der Waals surface area contributed by atoms with Crippen LogP contribution in [0.2, 0.25) is 0 Å². The van der Waals surface area contributed by atoms with E-state index in [2.05, 4.69) is 14.4 Å². The molecule has 1 aromatic heterocycles. The second-order valence-corrected chi connectivity index (χ2v) is 9.84. The average molecular weight is 568 g/mol. The molecule has 1 fully saturated rings. The van der Waals surface area contributed by atoms with Crippen molar-refractivity contribution in [3.05, 3.63) is 66.5 Å². The lowest BCUT2D eigenvalue weighted by molar-refractivity contribution is -0.203. The van der Waals surface area contributed by atoms with Gasteiger partial charge in [0.2, 0.25) is 15.9 Å². The fraction of sp³-hybridized carbons (Fsp3) is 0.250. The first-order chi connectivity index (χ1) is 18.3. The maximum Gasteiger partial charge on any atom is 0.490 e. The van der Waals surface area contributed by atoms with Crippen LogP contribution < -0.4 is 15.2 Å². The molecule has 0 aliphatic carbocycles. The number of nitrogens with one attached hydrogen (secondary N) is 2. The molecule has 4 N–H and O–H groups in total. The number of carbonyl (C=O) groups excluding carboxylic acids is 2. The Morgan fingerprint density at radius 2 is 1.90 bits per heavy atom. The molecular weight excluding hydrogens is 543 g/mol. The first kappa shape index (κ1) is 29.3. The molecule has 1 aliphatic heterocycles. The molecule has 3 aromatic rings. The second kappa shape index (κ2) is 12.1. The largest absolute Gasteiger partial charge is 0.497 e. The van der Waals surface area contributed by atoms with Crippen molar-refractivity contribution in [2.45, 2.75) is 23.5 Å². The minimum Gasteiger partial charge on any atom is -0.497 e. The molecule has 15 heteroatoms. The van der Waals surface area contributed by atoms with Crippen LogP contribution in [-0.2, 0) is 24.3 Å². The molecule has 0 saturated carbocycles. The summed E-state index contributed by atoms with van der Waals surface area (Å²) >= 11 is 0. The first-order valence-electron chi connectivity index (χ1n) is 11.2. The van der Waals surface area contributed by atoms with Gasteiger partial charge in [-0.1, -0.05) is 18.2 Å². The monoisotopic (exact) mass is 567 g/mol. The number of alkyl halides is 3. The molecule has 4 rings (SSSR count). The SMILES string of the molecule is COc1ccc2ccc(S(=O)(=O)NC3CCN(COC(=O)C(F)(F)F)C3=O)cc2c1.N=C(N)c1ccccn1. The molecule has 11 nitrogen and oxygen atoms in total. The molecule has 1 unspecified atom stereocenters. The summed E-state index contributed by atoms with van der Waals surface area (Å²) in [6.07, 6.45) is -3.55. The number of ether oxygens (including phenoxy) is 2. The highest BCUT2D eigenvalue weighted by Gasteiger charge is 2.42. The molecular formula is C24H24F3N5O6S. The number of methoxy groups -OCH3 is 1. The van der Waals surface area contributed by atoms with Crippen molar-refractivity contribution in [2.75, 3.05) is 20.4 Å². The van der Waals surface area contributed by atoms with Gasteiger partial charge in [-0.05, 0) is 53.6 Å². The van der Waals surface area contributed by atoms with Gasteiger partial charge in [0.1, 0.15) is 23.3 Å². The zero-order valence-electron chi connectivity index (χ0n) is 20.4. The molecule has 0 radical (unpaired) electrons. The number of hydrogen-bond donors (Lipinski definition) is 3. The summed E-state index contributed by atoms with van der Waals surface area (Å²) < 4.78 is 73.4. The van der Waals surface area contributed by atoms with Crippen LogP contribution >= 0.6 is 0 Å². The number of aromatic nitrogens is 1. The molecule has 0 bridgehead atoms. The number of amidine groups is 1. The van der Waals surface area contributed by atoms with Gasteiger partial charge in [0.05, 0.1) is 12.0 Å². The number of pyridine rings is 1. The van der Waals surface area contributed by atoms with Gasteiger partial charge in [-0.15, -0.1) is 0 Å². The van der Waals surface area contributed by atoms with E-state index in [0.29, 0.717) is 16.8 Å². The molecule has 2 heterocycles. The van der Waals surface area contributed by atoms with E-state index in [1.807, 2.05) is 0 Å². The predicted molar refractivity (Wildman–Crippen MR) is 133 cm³/mol. The molecule has 1 aliphatic rings. The van der Waals surface area contributed by atoms with Gasteiger partial charge in [-0.3, -0.25) is 15.2 Å². The lowest BCUT2D eigenvalue weighted by Crippen LogP contribution is -2.42. The summed E-state index contributed by atoms with van der Waals surface area (Å²) in [5, 5.41) is 8.34. The lowest BCUT2D eigenvalue weighted by Gasteiger charge is -2.17. The van der Waals surface area contributed by atoms with Crippen LogP contribution in [0.15, 0.2) is 65.7 Å². The van der Waals surface area contributed by atoms with E-state index in [1.54, 1.807) is 48.7 Å². The Bertz CT molecular complexity index is 1470. The van der Waals surface area contributed by atoms with Crippen LogP contribution in [0, 0.1) is 5.41 Å². The van der Waals surface area contributed by atoms with Crippen molar-refractivity contribution in [3.8, 4) is 5.75 Å². The molecule has 0 spiro atoms. The van der Waals surface area contributed by atoms with Crippen molar-refractivity contribution < 1.29 is 40.7 Å². The van der Waals surface area contributed by atoms with Gasteiger partial charge in [0.15, 0.2) is 6.73 Å². The van der Waals surface area contributed by atoms with Gasteiger partial charge in [0.25, 0.3) is 0 Å². The van der Waals surface area contributed by atoms with Crippen molar-refractivity contribution >= 4 is 38.5 Å². The fourth-order valence-corrected chi connectivity index (χ4v) is 4.73. The van der Waals surface area contributed by atoms with Crippen molar-refractivity contribution in [2.24, 2.45) is 5.73 Å². The Balaban J connectivity index is 0.000000395. The standard InChI is InChI=1S/C18H17F3N2O6S.C6H7N3/c1-28-13-4-2-11-3-5-14(9-12(11)8-13)30(26,27)22-15-6-7-23(16(15)24)10-29-17(25)18(19,20)21;7-6(8)5-3-1-2-4-9-5/h2-5,8-9,15,22H,6-7,10H2,1H3;1-4H,(H3,7,8). The van der Waals surface area contributed by atoms with E-state index < -0.39 is 40.8 Å². The Morgan fingerprint density at radius 1 is 1.18 bits per heavy atom. The van der Waals surface area contributed by atoms with Gasteiger partial charge in [0, 0.05) is 12.7 Å². The number of amides is 1. The normalized spacial score (nSPS) is 15.4. The number of halogens is 3. The van der Waals surface area contributed by atoms with Crippen LogP contribution in [0.5, 0.6) is 5.75 Å². The first-order valence-corrected chi connectivity index (χ1v) is 12.7. The van der Waals surface area contributed by atoms with Crippen LogP contribution in [0.3, 0.4) is 0 Å². The predicted octanol–water partition coefficient (Wildman–Crippen LogP) is 2.16.